The van der Waals surface area contributed by atoms with E-state index < -0.39 is 0 Å². The number of hydrogen-bond acceptors (Lipinski definition) is 5. The normalized spacial score (nSPS) is 10.7. The summed E-state index contributed by atoms with van der Waals surface area (Å²) in [7, 11) is 3.33. The molecule has 0 aliphatic heterocycles. The van der Waals surface area contributed by atoms with E-state index in [2.05, 4.69) is 10.3 Å². The number of rotatable bonds is 8. The molecule has 1 aromatic rings. The summed E-state index contributed by atoms with van der Waals surface area (Å²) in [6.45, 7) is 2.02. The van der Waals surface area contributed by atoms with Crippen molar-refractivity contribution < 1.29 is 9.47 Å². The van der Waals surface area contributed by atoms with Crippen LogP contribution in [0.15, 0.2) is 0 Å². The molecule has 7 heteroatoms. The molecule has 1 heterocycles. The van der Waals surface area contributed by atoms with Crippen LogP contribution in [0.25, 0.3) is 0 Å². The molecule has 0 aliphatic carbocycles. The van der Waals surface area contributed by atoms with Crippen molar-refractivity contribution in [2.24, 2.45) is 5.73 Å². The fraction of sp³-hybridized carbons (Fsp3) is 0.700. The van der Waals surface area contributed by atoms with Gasteiger partial charge in [0.25, 0.3) is 0 Å². The summed E-state index contributed by atoms with van der Waals surface area (Å²) in [6.07, 6.45) is 1.57. The Balaban J connectivity index is 2.76. The molecule has 6 nitrogen and oxygen atoms in total. The Morgan fingerprint density at radius 3 is 2.65 bits per heavy atom. The molecule has 0 bridgehead atoms. The molecule has 2 N–H and O–H groups in total. The maximum atomic E-state index is 5.60. The van der Waals surface area contributed by atoms with Crippen LogP contribution in [0.4, 0.5) is 0 Å². The van der Waals surface area contributed by atoms with Crippen molar-refractivity contribution in [2.75, 3.05) is 27.4 Å². The number of nitrogens with two attached hydrogens (primary N) is 1. The van der Waals surface area contributed by atoms with E-state index in [0.29, 0.717) is 25.3 Å². The number of aromatic nitrogens is 3. The van der Waals surface area contributed by atoms with Gasteiger partial charge in [0, 0.05) is 33.8 Å². The van der Waals surface area contributed by atoms with Gasteiger partial charge < -0.3 is 15.2 Å². The molecule has 0 radical (unpaired) electrons. The van der Waals surface area contributed by atoms with Gasteiger partial charge in [-0.1, -0.05) is 17.4 Å². The van der Waals surface area contributed by atoms with E-state index in [4.69, 9.17) is 27.4 Å². The lowest BCUT2D eigenvalue weighted by atomic mass is 10.2. The summed E-state index contributed by atoms with van der Waals surface area (Å²) in [6, 6.07) is 0. The molecule has 17 heavy (non-hydrogen) atoms. The number of hydrogen-bond donors (Lipinski definition) is 1. The number of ether oxygens (including phenoxy) is 2. The molecule has 0 saturated heterocycles. The third kappa shape index (κ3) is 4.03. The fourth-order valence-electron chi connectivity index (χ4n) is 1.51. The van der Waals surface area contributed by atoms with E-state index in [9.17, 15) is 0 Å². The first-order chi connectivity index (χ1) is 8.20. The second kappa shape index (κ2) is 7.31. The Labute approximate surface area is 106 Å². The topological polar surface area (TPSA) is 75.2 Å². The summed E-state index contributed by atoms with van der Waals surface area (Å²) >= 11 is 4.95. The molecule has 0 unspecified atom stereocenters. The third-order valence-corrected chi connectivity index (χ3v) is 2.53. The van der Waals surface area contributed by atoms with Gasteiger partial charge in [-0.15, -0.1) is 5.10 Å². The Kier molecular flexibility index (Phi) is 6.03. The highest BCUT2D eigenvalue weighted by Gasteiger charge is 2.14. The summed E-state index contributed by atoms with van der Waals surface area (Å²) in [5, 5.41) is 8.05. The summed E-state index contributed by atoms with van der Waals surface area (Å²) in [5.74, 6) is 0. The smallest absolute Gasteiger partial charge is 0.143 e. The first kappa shape index (κ1) is 14.0. The van der Waals surface area contributed by atoms with Crippen LogP contribution in [-0.2, 0) is 22.4 Å². The summed E-state index contributed by atoms with van der Waals surface area (Å²) < 4.78 is 11.9. The molecule has 0 amide bonds. The van der Waals surface area contributed by atoms with Gasteiger partial charge in [0.15, 0.2) is 0 Å². The van der Waals surface area contributed by atoms with Gasteiger partial charge in [0.05, 0.1) is 12.3 Å². The van der Waals surface area contributed by atoms with Crippen LogP contribution in [0.5, 0.6) is 0 Å². The molecule has 0 fully saturated rings. The first-order valence-electron chi connectivity index (χ1n) is 5.40. The Bertz CT molecular complexity index is 367. The van der Waals surface area contributed by atoms with Crippen molar-refractivity contribution in [3.63, 3.8) is 0 Å². The van der Waals surface area contributed by atoms with Crippen LogP contribution in [0.2, 0.25) is 0 Å². The van der Waals surface area contributed by atoms with E-state index in [1.54, 1.807) is 14.2 Å². The highest BCUT2D eigenvalue weighted by atomic mass is 32.1. The zero-order chi connectivity index (χ0) is 12.7. The standard InChI is InChI=1S/C10H18N4O2S/c1-15-6-3-5-14-8(4-7-16-2)9(10(11)17)12-13-14/h3-7H2,1-2H3,(H2,11,17). The summed E-state index contributed by atoms with van der Waals surface area (Å²) in [5.41, 5.74) is 7.12. The van der Waals surface area contributed by atoms with Gasteiger partial charge in [-0.2, -0.15) is 0 Å². The van der Waals surface area contributed by atoms with Crippen LogP contribution in [0.1, 0.15) is 17.8 Å². The van der Waals surface area contributed by atoms with Gasteiger partial charge in [-0.25, -0.2) is 4.68 Å². The number of methoxy groups -OCH3 is 2. The maximum absolute atomic E-state index is 5.60. The minimum atomic E-state index is 0.272. The quantitative estimate of drug-likeness (QED) is 0.528. The Morgan fingerprint density at radius 1 is 1.35 bits per heavy atom. The minimum Gasteiger partial charge on any atom is -0.388 e. The molecule has 0 atom stereocenters. The van der Waals surface area contributed by atoms with Gasteiger partial charge >= 0.3 is 0 Å². The lowest BCUT2D eigenvalue weighted by molar-refractivity contribution is 0.186. The Morgan fingerprint density at radius 2 is 2.06 bits per heavy atom. The highest BCUT2D eigenvalue weighted by molar-refractivity contribution is 7.80. The molecular weight excluding hydrogens is 240 g/mol. The largest absolute Gasteiger partial charge is 0.388 e. The van der Waals surface area contributed by atoms with Crippen molar-refractivity contribution in [3.05, 3.63) is 11.4 Å². The number of nitrogens with zero attached hydrogens (tertiary/aromatic N) is 3. The van der Waals surface area contributed by atoms with E-state index in [0.717, 1.165) is 18.7 Å². The second-order valence-electron chi connectivity index (χ2n) is 3.56. The average Bonchev–Trinajstić information content (AvgIpc) is 2.70. The maximum Gasteiger partial charge on any atom is 0.143 e. The van der Waals surface area contributed by atoms with Gasteiger partial charge in [0.2, 0.25) is 0 Å². The van der Waals surface area contributed by atoms with Crippen LogP contribution in [0, 0.1) is 0 Å². The van der Waals surface area contributed by atoms with E-state index in [-0.39, 0.29) is 4.99 Å². The van der Waals surface area contributed by atoms with Gasteiger partial charge in [-0.05, 0) is 6.42 Å². The van der Waals surface area contributed by atoms with Crippen molar-refractivity contribution >= 4 is 17.2 Å². The van der Waals surface area contributed by atoms with Crippen molar-refractivity contribution in [1.82, 2.24) is 15.0 Å². The lowest BCUT2D eigenvalue weighted by Crippen LogP contribution is -2.16. The molecule has 1 rings (SSSR count). The molecule has 0 aliphatic rings. The van der Waals surface area contributed by atoms with Crippen molar-refractivity contribution in [3.8, 4) is 0 Å². The summed E-state index contributed by atoms with van der Waals surface area (Å²) in [4.78, 5) is 0.272. The highest BCUT2D eigenvalue weighted by Crippen LogP contribution is 2.07. The van der Waals surface area contributed by atoms with Gasteiger partial charge in [0.1, 0.15) is 10.7 Å². The zero-order valence-electron chi connectivity index (χ0n) is 10.2. The second-order valence-corrected chi connectivity index (χ2v) is 4.00. The third-order valence-electron chi connectivity index (χ3n) is 2.33. The van der Waals surface area contributed by atoms with Crippen molar-refractivity contribution in [1.29, 1.82) is 0 Å². The van der Waals surface area contributed by atoms with Crippen LogP contribution in [0.3, 0.4) is 0 Å². The molecule has 1 aromatic heterocycles. The minimum absolute atomic E-state index is 0.272. The van der Waals surface area contributed by atoms with E-state index in [1.165, 1.54) is 0 Å². The van der Waals surface area contributed by atoms with Crippen LogP contribution < -0.4 is 5.73 Å². The average molecular weight is 258 g/mol. The first-order valence-corrected chi connectivity index (χ1v) is 5.81. The van der Waals surface area contributed by atoms with Crippen LogP contribution >= 0.6 is 12.2 Å². The van der Waals surface area contributed by atoms with Crippen LogP contribution in [-0.4, -0.2) is 47.4 Å². The lowest BCUT2D eigenvalue weighted by Gasteiger charge is -2.07. The van der Waals surface area contributed by atoms with E-state index in [1.807, 2.05) is 4.68 Å². The SMILES string of the molecule is COCCCn1nnc(C(N)=S)c1CCOC. The molecule has 0 saturated carbocycles. The predicted octanol–water partition coefficient (Wildman–Crippen LogP) is 0.138. The molecule has 0 aromatic carbocycles. The fourth-order valence-corrected chi connectivity index (χ4v) is 1.67. The number of thiocarbonyl (C=S) groups is 1. The van der Waals surface area contributed by atoms with E-state index >= 15 is 0 Å². The monoisotopic (exact) mass is 258 g/mol. The van der Waals surface area contributed by atoms with Gasteiger partial charge in [-0.3, -0.25) is 0 Å². The molecule has 0 spiro atoms. The Hall–Kier alpha value is -1.05. The molecular formula is C10H18N4O2S. The zero-order valence-corrected chi connectivity index (χ0v) is 11.0. The molecule has 96 valence electrons. The van der Waals surface area contributed by atoms with Crippen molar-refractivity contribution in [2.45, 2.75) is 19.4 Å². The number of aryl methyl sites for hydroxylation is 1. The predicted molar refractivity (Wildman–Crippen MR) is 68.0 cm³/mol.